The van der Waals surface area contributed by atoms with Crippen molar-refractivity contribution in [1.29, 1.82) is 0 Å². The number of hydrogen-bond donors (Lipinski definition) is 2. The Bertz CT molecular complexity index is 486. The van der Waals surface area contributed by atoms with E-state index in [1.165, 1.54) is 6.92 Å². The molecule has 0 aliphatic heterocycles. The fourth-order valence-corrected chi connectivity index (χ4v) is 1.53. The fourth-order valence-electron chi connectivity index (χ4n) is 1.53. The van der Waals surface area contributed by atoms with Gasteiger partial charge in [-0.15, -0.1) is 0 Å². The Morgan fingerprint density at radius 1 is 1.20 bits per heavy atom. The molecule has 1 rings (SSSR count). The zero-order chi connectivity index (χ0) is 15.1. The standard InChI is InChI=1S/C14H19NO5/c1-4-19-11-7-6-10(8-12(11)20-5-2)13(16)15-9(3)14(17)18/h6-9H,4-5H2,1-3H3,(H,15,16)(H,17,18)/t9-/m0/s1. The lowest BCUT2D eigenvalue weighted by Gasteiger charge is -2.13. The van der Waals surface area contributed by atoms with Crippen LogP contribution in [0.2, 0.25) is 0 Å². The zero-order valence-electron chi connectivity index (χ0n) is 11.8. The molecule has 2 N–H and O–H groups in total. The van der Waals surface area contributed by atoms with Crippen LogP contribution in [0.4, 0.5) is 0 Å². The maximum absolute atomic E-state index is 11.9. The van der Waals surface area contributed by atoms with E-state index in [1.54, 1.807) is 18.2 Å². The molecule has 0 aliphatic carbocycles. The molecule has 1 aromatic rings. The summed E-state index contributed by atoms with van der Waals surface area (Å²) in [5.74, 6) is -0.541. The maximum atomic E-state index is 11.9. The van der Waals surface area contributed by atoms with Crippen molar-refractivity contribution >= 4 is 11.9 Å². The molecule has 6 nitrogen and oxygen atoms in total. The molecule has 0 unspecified atom stereocenters. The summed E-state index contributed by atoms with van der Waals surface area (Å²) in [7, 11) is 0. The Labute approximate surface area is 117 Å². The predicted octanol–water partition coefficient (Wildman–Crippen LogP) is 1.69. The molecule has 0 bridgehead atoms. The van der Waals surface area contributed by atoms with Crippen molar-refractivity contribution in [2.45, 2.75) is 26.8 Å². The van der Waals surface area contributed by atoms with Gasteiger partial charge < -0.3 is 19.9 Å². The lowest BCUT2D eigenvalue weighted by Crippen LogP contribution is -2.38. The lowest BCUT2D eigenvalue weighted by atomic mass is 10.1. The van der Waals surface area contributed by atoms with E-state index in [1.807, 2.05) is 13.8 Å². The molecule has 1 amide bonds. The van der Waals surface area contributed by atoms with Crippen LogP contribution >= 0.6 is 0 Å². The number of carboxylic acids is 1. The summed E-state index contributed by atoms with van der Waals surface area (Å²) in [6.45, 7) is 6.01. The molecule has 20 heavy (non-hydrogen) atoms. The predicted molar refractivity (Wildman–Crippen MR) is 73.3 cm³/mol. The van der Waals surface area contributed by atoms with E-state index in [-0.39, 0.29) is 0 Å². The van der Waals surface area contributed by atoms with Gasteiger partial charge in [0.25, 0.3) is 5.91 Å². The molecule has 0 fully saturated rings. The number of amides is 1. The number of rotatable bonds is 7. The molecule has 0 heterocycles. The van der Waals surface area contributed by atoms with E-state index in [0.717, 1.165) is 0 Å². The molecule has 1 atom stereocenters. The Hall–Kier alpha value is -2.24. The molecule has 0 aromatic heterocycles. The second kappa shape index (κ2) is 7.37. The van der Waals surface area contributed by atoms with Crippen molar-refractivity contribution in [3.8, 4) is 11.5 Å². The number of nitrogens with one attached hydrogen (secondary N) is 1. The van der Waals surface area contributed by atoms with Crippen molar-refractivity contribution in [3.05, 3.63) is 23.8 Å². The van der Waals surface area contributed by atoms with Crippen LogP contribution in [-0.2, 0) is 4.79 Å². The monoisotopic (exact) mass is 281 g/mol. The van der Waals surface area contributed by atoms with Gasteiger partial charge in [-0.3, -0.25) is 9.59 Å². The number of carbonyl (C=O) groups excluding carboxylic acids is 1. The number of hydrogen-bond acceptors (Lipinski definition) is 4. The van der Waals surface area contributed by atoms with Gasteiger partial charge >= 0.3 is 5.97 Å². The zero-order valence-corrected chi connectivity index (χ0v) is 11.8. The molecule has 6 heteroatoms. The van der Waals surface area contributed by atoms with Crippen LogP contribution in [0.15, 0.2) is 18.2 Å². The molecule has 1 aromatic carbocycles. The average Bonchev–Trinajstić information content (AvgIpc) is 2.41. The third-order valence-electron chi connectivity index (χ3n) is 2.52. The SMILES string of the molecule is CCOc1ccc(C(=O)N[C@@H](C)C(=O)O)cc1OCC. The van der Waals surface area contributed by atoms with Gasteiger partial charge in [0.15, 0.2) is 11.5 Å². The van der Waals surface area contributed by atoms with Crippen LogP contribution in [0, 0.1) is 0 Å². The van der Waals surface area contributed by atoms with Gasteiger partial charge in [0, 0.05) is 5.56 Å². The van der Waals surface area contributed by atoms with E-state index in [9.17, 15) is 9.59 Å². The Kier molecular flexibility index (Phi) is 5.83. The second-order valence-corrected chi connectivity index (χ2v) is 4.06. The van der Waals surface area contributed by atoms with Crippen LogP contribution in [0.1, 0.15) is 31.1 Å². The van der Waals surface area contributed by atoms with Gasteiger partial charge in [-0.25, -0.2) is 0 Å². The van der Waals surface area contributed by atoms with Gasteiger partial charge in [-0.1, -0.05) is 0 Å². The van der Waals surface area contributed by atoms with Crippen LogP contribution < -0.4 is 14.8 Å². The minimum absolute atomic E-state index is 0.324. The Balaban J connectivity index is 2.92. The highest BCUT2D eigenvalue weighted by molar-refractivity contribution is 5.97. The lowest BCUT2D eigenvalue weighted by molar-refractivity contribution is -0.138. The third kappa shape index (κ3) is 4.15. The fraction of sp³-hybridized carbons (Fsp3) is 0.429. The summed E-state index contributed by atoms with van der Waals surface area (Å²) >= 11 is 0. The van der Waals surface area contributed by atoms with Crippen molar-refractivity contribution in [3.63, 3.8) is 0 Å². The quantitative estimate of drug-likeness (QED) is 0.794. The van der Waals surface area contributed by atoms with Crippen LogP contribution in [0.3, 0.4) is 0 Å². The normalized spacial score (nSPS) is 11.6. The van der Waals surface area contributed by atoms with Crippen molar-refractivity contribution in [2.24, 2.45) is 0 Å². The van der Waals surface area contributed by atoms with Crippen LogP contribution in [0.5, 0.6) is 11.5 Å². The number of benzene rings is 1. The first-order valence-corrected chi connectivity index (χ1v) is 6.42. The Morgan fingerprint density at radius 3 is 2.35 bits per heavy atom. The summed E-state index contributed by atoms with van der Waals surface area (Å²) in [4.78, 5) is 22.6. The van der Waals surface area contributed by atoms with Crippen LogP contribution in [-0.4, -0.2) is 36.2 Å². The van der Waals surface area contributed by atoms with E-state index in [0.29, 0.717) is 30.3 Å². The van der Waals surface area contributed by atoms with Gasteiger partial charge in [0.1, 0.15) is 6.04 Å². The Morgan fingerprint density at radius 2 is 1.80 bits per heavy atom. The average molecular weight is 281 g/mol. The number of carbonyl (C=O) groups is 2. The van der Waals surface area contributed by atoms with Gasteiger partial charge in [-0.2, -0.15) is 0 Å². The number of carboxylic acid groups (broad SMARTS) is 1. The van der Waals surface area contributed by atoms with Gasteiger partial charge in [0.05, 0.1) is 13.2 Å². The highest BCUT2D eigenvalue weighted by Crippen LogP contribution is 2.28. The first-order valence-electron chi connectivity index (χ1n) is 6.42. The summed E-state index contributed by atoms with van der Waals surface area (Å²) in [5, 5.41) is 11.2. The van der Waals surface area contributed by atoms with E-state index in [2.05, 4.69) is 5.32 Å². The largest absolute Gasteiger partial charge is 0.490 e. The molecular formula is C14H19NO5. The molecule has 110 valence electrons. The summed E-state index contributed by atoms with van der Waals surface area (Å²) in [6, 6.07) is 3.79. The van der Waals surface area contributed by atoms with Gasteiger partial charge in [0.2, 0.25) is 0 Å². The minimum Gasteiger partial charge on any atom is -0.490 e. The van der Waals surface area contributed by atoms with Gasteiger partial charge in [-0.05, 0) is 39.0 Å². The van der Waals surface area contributed by atoms with Crippen LogP contribution in [0.25, 0.3) is 0 Å². The van der Waals surface area contributed by atoms with E-state index in [4.69, 9.17) is 14.6 Å². The molecule has 0 saturated heterocycles. The highest BCUT2D eigenvalue weighted by Gasteiger charge is 2.17. The molecular weight excluding hydrogens is 262 g/mol. The summed E-state index contributed by atoms with van der Waals surface area (Å²) in [5.41, 5.74) is 0.324. The molecule has 0 radical (unpaired) electrons. The molecule has 0 aliphatic rings. The highest BCUT2D eigenvalue weighted by atomic mass is 16.5. The first kappa shape index (κ1) is 15.8. The third-order valence-corrected chi connectivity index (χ3v) is 2.52. The minimum atomic E-state index is -1.09. The van der Waals surface area contributed by atoms with Crippen molar-refractivity contribution in [1.82, 2.24) is 5.32 Å². The summed E-state index contributed by atoms with van der Waals surface area (Å²) < 4.78 is 10.8. The smallest absolute Gasteiger partial charge is 0.325 e. The number of ether oxygens (including phenoxy) is 2. The molecule has 0 spiro atoms. The van der Waals surface area contributed by atoms with Crippen molar-refractivity contribution in [2.75, 3.05) is 13.2 Å². The van der Waals surface area contributed by atoms with Crippen molar-refractivity contribution < 1.29 is 24.2 Å². The van der Waals surface area contributed by atoms with E-state index < -0.39 is 17.9 Å². The number of aliphatic carboxylic acids is 1. The summed E-state index contributed by atoms with van der Waals surface area (Å²) in [6.07, 6.45) is 0. The maximum Gasteiger partial charge on any atom is 0.325 e. The van der Waals surface area contributed by atoms with E-state index >= 15 is 0 Å². The molecule has 0 saturated carbocycles. The topological polar surface area (TPSA) is 84.9 Å². The first-order chi connectivity index (χ1) is 9.49. The second-order valence-electron chi connectivity index (χ2n) is 4.06.